The molecule has 1 unspecified atom stereocenters. The Labute approximate surface area is 188 Å². The van der Waals surface area contributed by atoms with Crippen molar-refractivity contribution in [2.24, 2.45) is 0 Å². The fraction of sp³-hybridized carbons (Fsp3) is 0.0435. The molecular formula is C23H18N2O7S. The average Bonchev–Trinajstić information content (AvgIpc) is 3.30. The van der Waals surface area contributed by atoms with Gasteiger partial charge in [0.05, 0.1) is 12.0 Å². The Morgan fingerprint density at radius 2 is 1.64 bits per heavy atom. The highest BCUT2D eigenvalue weighted by Gasteiger charge is 2.34. The fourth-order valence-electron chi connectivity index (χ4n) is 3.22. The predicted octanol–water partition coefficient (Wildman–Crippen LogP) is 2.82. The third-order valence-corrected chi connectivity index (χ3v) is 6.74. The number of quaternary nitrogens is 1. The Bertz CT molecular complexity index is 1380. The molecule has 9 nitrogen and oxygen atoms in total. The maximum absolute atomic E-state index is 13.6. The second-order valence-corrected chi connectivity index (χ2v) is 8.83. The van der Waals surface area contributed by atoms with Crippen LogP contribution < -0.4 is 9.96 Å². The largest absolute Gasteiger partial charge is 0.595 e. The number of carbonyl (C=O) groups is 1. The summed E-state index contributed by atoms with van der Waals surface area (Å²) in [7, 11) is -2.70. The number of ether oxygens (including phenoxy) is 1. The fourth-order valence-corrected chi connectivity index (χ4v) is 4.76. The number of carbonyl (C=O) groups excluding carboxylic acids is 1. The van der Waals surface area contributed by atoms with Crippen LogP contribution in [0.25, 0.3) is 11.3 Å². The number of ketones is 1. The van der Waals surface area contributed by atoms with Crippen LogP contribution in [0.1, 0.15) is 16.1 Å². The smallest absolute Gasteiger partial charge is 0.216 e. The molecule has 0 aliphatic heterocycles. The molecule has 0 saturated heterocycles. The molecule has 4 rings (SSSR count). The normalized spacial score (nSPS) is 12.3. The van der Waals surface area contributed by atoms with Crippen molar-refractivity contribution in [2.45, 2.75) is 9.79 Å². The van der Waals surface area contributed by atoms with E-state index in [1.165, 1.54) is 43.5 Å². The molecule has 0 aliphatic rings. The molecule has 10 heteroatoms. The van der Waals surface area contributed by atoms with E-state index in [0.717, 1.165) is 0 Å². The zero-order valence-electron chi connectivity index (χ0n) is 17.3. The quantitative estimate of drug-likeness (QED) is 0.314. The van der Waals surface area contributed by atoms with E-state index < -0.39 is 26.5 Å². The number of hydrogen-bond donors (Lipinski definition) is 2. The van der Waals surface area contributed by atoms with Crippen LogP contribution >= 0.6 is 0 Å². The molecule has 1 heterocycles. The molecule has 0 aliphatic carbocycles. The first-order valence-electron chi connectivity index (χ1n) is 9.65. The number of aromatic nitrogens is 1. The number of benzene rings is 3. The number of nitrogens with one attached hydrogen (secondary N) is 1. The van der Waals surface area contributed by atoms with Gasteiger partial charge in [-0.2, -0.15) is 5.23 Å². The lowest BCUT2D eigenvalue weighted by Gasteiger charge is -2.11. The summed E-state index contributed by atoms with van der Waals surface area (Å²) in [5.74, 6) is -0.252. The molecule has 33 heavy (non-hydrogen) atoms. The number of methoxy groups -OCH3 is 1. The van der Waals surface area contributed by atoms with Crippen LogP contribution in [0, 0.1) is 5.21 Å². The van der Waals surface area contributed by atoms with E-state index >= 15 is 0 Å². The molecule has 2 N–H and O–H groups in total. The van der Waals surface area contributed by atoms with E-state index in [-0.39, 0.29) is 26.8 Å². The summed E-state index contributed by atoms with van der Waals surface area (Å²) in [6.45, 7) is 0. The highest BCUT2D eigenvalue weighted by atomic mass is 32.2. The minimum absolute atomic E-state index is 0.0113. The summed E-state index contributed by atoms with van der Waals surface area (Å²) in [5.41, 5.74) is 0.0488. The Morgan fingerprint density at radius 1 is 1.00 bits per heavy atom. The Balaban J connectivity index is 1.89. The summed E-state index contributed by atoms with van der Waals surface area (Å²) in [6, 6.07) is 19.2. The average molecular weight is 466 g/mol. The molecule has 4 aromatic rings. The first kappa shape index (κ1) is 22.4. The maximum atomic E-state index is 13.6. The lowest BCUT2D eigenvalue weighted by Crippen LogP contribution is -2.99. The molecule has 0 amide bonds. The van der Waals surface area contributed by atoms with Crippen molar-refractivity contribution in [1.82, 2.24) is 5.16 Å². The van der Waals surface area contributed by atoms with Crippen LogP contribution in [0.2, 0.25) is 0 Å². The van der Waals surface area contributed by atoms with Crippen molar-refractivity contribution < 1.29 is 32.9 Å². The van der Waals surface area contributed by atoms with Crippen LogP contribution in [-0.2, 0) is 9.84 Å². The van der Waals surface area contributed by atoms with Gasteiger partial charge in [-0.3, -0.25) is 4.79 Å². The van der Waals surface area contributed by atoms with Crippen molar-refractivity contribution in [3.05, 3.63) is 95.3 Å². The van der Waals surface area contributed by atoms with Gasteiger partial charge in [0.1, 0.15) is 5.75 Å². The zero-order chi connectivity index (χ0) is 23.6. The molecule has 1 atom stereocenters. The van der Waals surface area contributed by atoms with Crippen LogP contribution in [0.4, 0.5) is 5.69 Å². The molecule has 0 fully saturated rings. The summed E-state index contributed by atoms with van der Waals surface area (Å²) in [6.07, 6.45) is 0. The van der Waals surface area contributed by atoms with E-state index in [0.29, 0.717) is 11.3 Å². The Hall–Kier alpha value is -3.83. The number of nitrogens with zero attached hydrogens (tertiary/aromatic N) is 1. The van der Waals surface area contributed by atoms with E-state index in [1.54, 1.807) is 42.5 Å². The highest BCUT2D eigenvalue weighted by molar-refractivity contribution is 7.91. The molecule has 3 aromatic carbocycles. The molecular weight excluding hydrogens is 448 g/mol. The van der Waals surface area contributed by atoms with Crippen LogP contribution in [-0.4, -0.2) is 31.7 Å². The summed E-state index contributed by atoms with van der Waals surface area (Å²) in [4.78, 5) is 12.8. The van der Waals surface area contributed by atoms with Gasteiger partial charge in [-0.25, -0.2) is 13.6 Å². The predicted molar refractivity (Wildman–Crippen MR) is 116 cm³/mol. The number of hydrogen-bond acceptors (Lipinski definition) is 8. The van der Waals surface area contributed by atoms with E-state index in [9.17, 15) is 18.4 Å². The van der Waals surface area contributed by atoms with Gasteiger partial charge in [0.15, 0.2) is 22.0 Å². The molecule has 168 valence electrons. The van der Waals surface area contributed by atoms with E-state index in [4.69, 9.17) is 14.5 Å². The van der Waals surface area contributed by atoms with Gasteiger partial charge in [0, 0.05) is 23.3 Å². The minimum atomic E-state index is -4.20. The van der Waals surface area contributed by atoms with Gasteiger partial charge in [0.25, 0.3) is 0 Å². The van der Waals surface area contributed by atoms with Crippen LogP contribution in [0.15, 0.2) is 93.2 Å². The zero-order valence-corrected chi connectivity index (χ0v) is 18.1. The standard InChI is InChI=1S/C23H18N2O7S/c1-31-18-13-9-16(10-14-18)22-23(33(29,30)19-5-3-2-4-6-19)20(24-32-22)21(26)15-7-11-17(12-8-15)25(27)28/h2-14,25,27H,1H3. The van der Waals surface area contributed by atoms with Crippen molar-refractivity contribution >= 4 is 21.3 Å². The second-order valence-electron chi connectivity index (χ2n) is 6.95. The number of sulfone groups is 1. The van der Waals surface area contributed by atoms with Crippen molar-refractivity contribution in [2.75, 3.05) is 7.11 Å². The minimum Gasteiger partial charge on any atom is -0.595 e. The molecule has 0 bridgehead atoms. The molecule has 0 radical (unpaired) electrons. The van der Waals surface area contributed by atoms with Crippen LogP contribution in [0.3, 0.4) is 0 Å². The van der Waals surface area contributed by atoms with E-state index in [1.807, 2.05) is 0 Å². The monoisotopic (exact) mass is 466 g/mol. The highest BCUT2D eigenvalue weighted by Crippen LogP contribution is 2.36. The van der Waals surface area contributed by atoms with Gasteiger partial charge < -0.3 is 14.5 Å². The molecule has 1 aromatic heterocycles. The Kier molecular flexibility index (Phi) is 6.07. The van der Waals surface area contributed by atoms with Gasteiger partial charge in [-0.05, 0) is 48.5 Å². The van der Waals surface area contributed by atoms with Crippen LogP contribution in [0.5, 0.6) is 5.75 Å². The van der Waals surface area contributed by atoms with Crippen molar-refractivity contribution in [3.8, 4) is 17.1 Å². The lowest BCUT2D eigenvalue weighted by molar-refractivity contribution is -0.991. The van der Waals surface area contributed by atoms with Gasteiger partial charge in [0.2, 0.25) is 15.6 Å². The molecule has 0 spiro atoms. The van der Waals surface area contributed by atoms with Gasteiger partial charge in [-0.15, -0.1) is 0 Å². The third-order valence-electron chi connectivity index (χ3n) is 4.93. The summed E-state index contributed by atoms with van der Waals surface area (Å²) >= 11 is 0. The summed E-state index contributed by atoms with van der Waals surface area (Å²) in [5, 5.41) is 22.8. The first-order valence-corrected chi connectivity index (χ1v) is 11.1. The lowest BCUT2D eigenvalue weighted by atomic mass is 10.1. The maximum Gasteiger partial charge on any atom is 0.216 e. The SMILES string of the molecule is COc1ccc(-c2onc(C(=O)c3ccc([NH+]([O-])O)cc3)c2S(=O)(=O)c2ccccc2)cc1. The van der Waals surface area contributed by atoms with Gasteiger partial charge in [-0.1, -0.05) is 23.4 Å². The molecule has 0 saturated carbocycles. The Morgan fingerprint density at radius 3 is 2.21 bits per heavy atom. The van der Waals surface area contributed by atoms with Gasteiger partial charge >= 0.3 is 0 Å². The topological polar surface area (TPSA) is 134 Å². The van der Waals surface area contributed by atoms with Crippen molar-refractivity contribution in [1.29, 1.82) is 0 Å². The first-order chi connectivity index (χ1) is 15.8. The van der Waals surface area contributed by atoms with Crippen molar-refractivity contribution in [3.63, 3.8) is 0 Å². The summed E-state index contributed by atoms with van der Waals surface area (Å²) < 4.78 is 37.6. The second kappa shape index (κ2) is 8.96. The number of rotatable bonds is 7. The van der Waals surface area contributed by atoms with E-state index in [2.05, 4.69) is 5.16 Å². The third kappa shape index (κ3) is 4.28.